The minimum atomic E-state index is -0.388. The molecule has 0 aliphatic heterocycles. The van der Waals surface area contributed by atoms with Crippen LogP contribution in [0.15, 0.2) is 24.3 Å². The van der Waals surface area contributed by atoms with Gasteiger partial charge in [-0.2, -0.15) is 0 Å². The second-order valence-corrected chi connectivity index (χ2v) is 5.53. The van der Waals surface area contributed by atoms with E-state index in [1.54, 1.807) is 11.9 Å². The van der Waals surface area contributed by atoms with Crippen LogP contribution < -0.4 is 0 Å². The zero-order valence-electron chi connectivity index (χ0n) is 12.0. The van der Waals surface area contributed by atoms with Crippen LogP contribution in [0.5, 0.6) is 0 Å². The number of amides is 1. The van der Waals surface area contributed by atoms with Gasteiger partial charge in [0, 0.05) is 24.6 Å². The Bertz CT molecular complexity index is 503. The molecular formula is C16H21NO2. The van der Waals surface area contributed by atoms with Crippen molar-refractivity contribution in [2.75, 3.05) is 13.7 Å². The highest BCUT2D eigenvalue weighted by molar-refractivity contribution is 5.81. The normalized spacial score (nSPS) is 10.6. The summed E-state index contributed by atoms with van der Waals surface area (Å²) in [7, 11) is 1.80. The zero-order chi connectivity index (χ0) is 14.5. The van der Waals surface area contributed by atoms with Gasteiger partial charge < -0.3 is 10.0 Å². The van der Waals surface area contributed by atoms with Gasteiger partial charge in [-0.15, -0.1) is 0 Å². The fourth-order valence-electron chi connectivity index (χ4n) is 1.81. The lowest BCUT2D eigenvalue weighted by Crippen LogP contribution is -2.36. The summed E-state index contributed by atoms with van der Waals surface area (Å²) in [6, 6.07) is 7.67. The number of carbonyl (C=O) groups excluding carboxylic acids is 1. The van der Waals surface area contributed by atoms with Crippen LogP contribution in [-0.4, -0.2) is 29.6 Å². The average molecular weight is 259 g/mol. The van der Waals surface area contributed by atoms with Crippen molar-refractivity contribution in [2.45, 2.75) is 27.3 Å². The number of aliphatic hydroxyl groups excluding tert-OH is 1. The molecule has 102 valence electrons. The van der Waals surface area contributed by atoms with Gasteiger partial charge in [-0.25, -0.2) is 0 Å². The summed E-state index contributed by atoms with van der Waals surface area (Å²) < 4.78 is 0. The van der Waals surface area contributed by atoms with E-state index in [1.165, 1.54) is 0 Å². The Hall–Kier alpha value is -1.79. The maximum absolute atomic E-state index is 12.1. The van der Waals surface area contributed by atoms with Crippen LogP contribution in [0, 0.1) is 17.3 Å². The second-order valence-electron chi connectivity index (χ2n) is 5.53. The Balaban J connectivity index is 2.91. The van der Waals surface area contributed by atoms with Crippen molar-refractivity contribution in [2.24, 2.45) is 5.41 Å². The van der Waals surface area contributed by atoms with Crippen LogP contribution in [0.25, 0.3) is 0 Å². The van der Waals surface area contributed by atoms with Crippen molar-refractivity contribution in [3.05, 3.63) is 35.4 Å². The molecular weight excluding hydrogens is 238 g/mol. The van der Waals surface area contributed by atoms with Crippen molar-refractivity contribution >= 4 is 5.91 Å². The van der Waals surface area contributed by atoms with E-state index >= 15 is 0 Å². The third-order valence-electron chi connectivity index (χ3n) is 2.72. The first-order valence-corrected chi connectivity index (χ1v) is 6.29. The minimum Gasteiger partial charge on any atom is -0.384 e. The summed E-state index contributed by atoms with van der Waals surface area (Å²) in [4.78, 5) is 13.9. The molecule has 1 N–H and O–H groups in total. The summed E-state index contributed by atoms with van der Waals surface area (Å²) in [5.74, 6) is 5.64. The summed E-state index contributed by atoms with van der Waals surface area (Å²) in [5.41, 5.74) is 1.45. The molecule has 0 fully saturated rings. The van der Waals surface area contributed by atoms with E-state index in [9.17, 15) is 4.79 Å². The molecule has 0 aromatic heterocycles. The summed E-state index contributed by atoms with van der Waals surface area (Å²) >= 11 is 0. The summed E-state index contributed by atoms with van der Waals surface area (Å²) in [6.07, 6.45) is 0. The molecule has 1 aromatic carbocycles. The first-order valence-electron chi connectivity index (χ1n) is 6.29. The Kier molecular flexibility index (Phi) is 5.14. The van der Waals surface area contributed by atoms with Crippen molar-refractivity contribution in [1.29, 1.82) is 0 Å². The smallest absolute Gasteiger partial charge is 0.227 e. The Morgan fingerprint density at radius 1 is 1.32 bits per heavy atom. The van der Waals surface area contributed by atoms with Gasteiger partial charge in [-0.05, 0) is 11.6 Å². The average Bonchev–Trinajstić information content (AvgIpc) is 2.35. The maximum Gasteiger partial charge on any atom is 0.227 e. The van der Waals surface area contributed by atoms with Crippen LogP contribution in [-0.2, 0) is 11.3 Å². The number of hydrogen-bond donors (Lipinski definition) is 1. The minimum absolute atomic E-state index is 0.0948. The number of carbonyl (C=O) groups is 1. The van der Waals surface area contributed by atoms with Crippen LogP contribution in [0.1, 0.15) is 31.9 Å². The van der Waals surface area contributed by atoms with Gasteiger partial charge >= 0.3 is 0 Å². The van der Waals surface area contributed by atoms with Gasteiger partial charge in [0.2, 0.25) is 5.91 Å². The lowest BCUT2D eigenvalue weighted by Gasteiger charge is -2.26. The van der Waals surface area contributed by atoms with Crippen molar-refractivity contribution in [1.82, 2.24) is 4.90 Å². The highest BCUT2D eigenvalue weighted by Gasteiger charge is 2.25. The van der Waals surface area contributed by atoms with Crippen LogP contribution in [0.2, 0.25) is 0 Å². The van der Waals surface area contributed by atoms with E-state index in [4.69, 9.17) is 5.11 Å². The second kappa shape index (κ2) is 6.40. The number of aliphatic hydroxyl groups is 1. The molecule has 0 spiro atoms. The highest BCUT2D eigenvalue weighted by Crippen LogP contribution is 2.19. The largest absolute Gasteiger partial charge is 0.384 e. The van der Waals surface area contributed by atoms with Gasteiger partial charge in [-0.3, -0.25) is 4.79 Å². The van der Waals surface area contributed by atoms with Gasteiger partial charge in [0.15, 0.2) is 0 Å². The SMILES string of the molecule is CN(Cc1ccccc1C#CCO)C(=O)C(C)(C)C. The molecule has 1 aromatic rings. The lowest BCUT2D eigenvalue weighted by molar-refractivity contribution is -0.138. The monoisotopic (exact) mass is 259 g/mol. The predicted octanol–water partition coefficient (Wildman–Crippen LogP) is 2.03. The number of rotatable bonds is 2. The Morgan fingerprint density at radius 3 is 2.53 bits per heavy atom. The van der Waals surface area contributed by atoms with Crippen molar-refractivity contribution < 1.29 is 9.90 Å². The van der Waals surface area contributed by atoms with Gasteiger partial charge in [0.25, 0.3) is 0 Å². The third-order valence-corrected chi connectivity index (χ3v) is 2.72. The molecule has 0 saturated heterocycles. The van der Waals surface area contributed by atoms with E-state index in [0.717, 1.165) is 11.1 Å². The molecule has 0 aliphatic carbocycles. The first kappa shape index (κ1) is 15.3. The van der Waals surface area contributed by atoms with E-state index < -0.39 is 0 Å². The number of hydrogen-bond acceptors (Lipinski definition) is 2. The first-order chi connectivity index (χ1) is 8.86. The topological polar surface area (TPSA) is 40.5 Å². The quantitative estimate of drug-likeness (QED) is 0.826. The van der Waals surface area contributed by atoms with E-state index in [-0.39, 0.29) is 17.9 Å². The van der Waals surface area contributed by atoms with Gasteiger partial charge in [-0.1, -0.05) is 50.8 Å². The van der Waals surface area contributed by atoms with Crippen LogP contribution >= 0.6 is 0 Å². The molecule has 0 bridgehead atoms. The molecule has 1 amide bonds. The van der Waals surface area contributed by atoms with Crippen molar-refractivity contribution in [3.63, 3.8) is 0 Å². The molecule has 0 heterocycles. The molecule has 19 heavy (non-hydrogen) atoms. The molecule has 0 atom stereocenters. The van der Waals surface area contributed by atoms with Gasteiger partial charge in [0.1, 0.15) is 6.61 Å². The predicted molar refractivity (Wildman–Crippen MR) is 76.3 cm³/mol. The molecule has 0 unspecified atom stereocenters. The Morgan fingerprint density at radius 2 is 1.95 bits per heavy atom. The highest BCUT2D eigenvalue weighted by atomic mass is 16.2. The maximum atomic E-state index is 12.1. The fourth-order valence-corrected chi connectivity index (χ4v) is 1.81. The van der Waals surface area contributed by atoms with Gasteiger partial charge in [0.05, 0.1) is 0 Å². The number of nitrogens with zero attached hydrogens (tertiary/aromatic N) is 1. The van der Waals surface area contributed by atoms with Crippen molar-refractivity contribution in [3.8, 4) is 11.8 Å². The zero-order valence-corrected chi connectivity index (χ0v) is 12.0. The van der Waals surface area contributed by atoms with E-state index in [2.05, 4.69) is 11.8 Å². The molecule has 1 rings (SSSR count). The number of benzene rings is 1. The summed E-state index contributed by atoms with van der Waals surface area (Å²) in [5, 5.41) is 8.76. The molecule has 0 saturated carbocycles. The fraction of sp³-hybridized carbons (Fsp3) is 0.438. The van der Waals surface area contributed by atoms with E-state index in [1.807, 2.05) is 45.0 Å². The molecule has 0 radical (unpaired) electrons. The lowest BCUT2D eigenvalue weighted by atomic mass is 9.94. The molecule has 3 heteroatoms. The molecule has 0 aliphatic rings. The Labute approximate surface area is 115 Å². The third kappa shape index (κ3) is 4.42. The molecule has 3 nitrogen and oxygen atoms in total. The standard InChI is InChI=1S/C16H21NO2/c1-16(2,3)15(19)17(4)12-14-9-6-5-8-13(14)10-7-11-18/h5-6,8-9,18H,11-12H2,1-4H3. The van der Waals surface area contributed by atoms with E-state index in [0.29, 0.717) is 6.54 Å². The van der Waals surface area contributed by atoms with Crippen LogP contribution in [0.4, 0.5) is 0 Å². The van der Waals surface area contributed by atoms with Crippen LogP contribution in [0.3, 0.4) is 0 Å². The summed E-state index contributed by atoms with van der Waals surface area (Å²) in [6.45, 7) is 6.08.